The van der Waals surface area contributed by atoms with Gasteiger partial charge >= 0.3 is 5.97 Å². The van der Waals surface area contributed by atoms with Gasteiger partial charge in [0.05, 0.1) is 17.5 Å². The Balaban J connectivity index is 2.29. The Hall–Kier alpha value is -2.10. The van der Waals surface area contributed by atoms with Gasteiger partial charge in [0.15, 0.2) is 11.7 Å². The van der Waals surface area contributed by atoms with E-state index in [1.54, 1.807) is 0 Å². The van der Waals surface area contributed by atoms with Crippen LogP contribution in [-0.2, 0) is 4.74 Å². The number of carbonyl (C=O) groups excluding carboxylic acids is 1. The molecular weight excluding hydrogens is 276 g/mol. The van der Waals surface area contributed by atoms with Crippen LogP contribution in [0.15, 0.2) is 11.6 Å². The molecule has 0 aliphatic carbocycles. The van der Waals surface area contributed by atoms with Gasteiger partial charge in [-0.1, -0.05) is 0 Å². The number of pyridine rings is 1. The first-order valence-corrected chi connectivity index (χ1v) is 7.80. The number of rotatable bonds is 2. The van der Waals surface area contributed by atoms with Crippen molar-refractivity contribution >= 4 is 22.4 Å². The van der Waals surface area contributed by atoms with Gasteiger partial charge < -0.3 is 9.72 Å². The highest BCUT2D eigenvalue weighted by Crippen LogP contribution is 2.34. The molecule has 0 radical (unpaired) electrons. The van der Waals surface area contributed by atoms with Crippen LogP contribution in [0.4, 0.5) is 0 Å². The summed E-state index contributed by atoms with van der Waals surface area (Å²) in [6, 6.07) is 2.51. The van der Waals surface area contributed by atoms with Crippen LogP contribution in [0.25, 0.3) is 16.5 Å². The second-order valence-electron chi connectivity index (χ2n) is 6.10. The van der Waals surface area contributed by atoms with Crippen LogP contribution < -0.4 is 4.57 Å². The van der Waals surface area contributed by atoms with Gasteiger partial charge in [0, 0.05) is 31.1 Å². The van der Waals surface area contributed by atoms with Crippen molar-refractivity contribution in [1.82, 2.24) is 4.98 Å². The van der Waals surface area contributed by atoms with Gasteiger partial charge in [-0.25, -0.2) is 4.79 Å². The minimum atomic E-state index is -0.280. The molecule has 3 rings (SSSR count). The van der Waals surface area contributed by atoms with Gasteiger partial charge in [0.2, 0.25) is 5.69 Å². The molecule has 1 aliphatic heterocycles. The van der Waals surface area contributed by atoms with Crippen molar-refractivity contribution in [3.05, 3.63) is 34.3 Å². The average Bonchev–Trinajstić information content (AvgIpc) is 2.91. The second kappa shape index (κ2) is 4.97. The summed E-state index contributed by atoms with van der Waals surface area (Å²) in [6.07, 6.45) is 0. The van der Waals surface area contributed by atoms with Gasteiger partial charge in [0.1, 0.15) is 5.69 Å². The fourth-order valence-electron chi connectivity index (χ4n) is 3.60. The molecule has 2 aromatic rings. The fraction of sp³-hybridized carbons (Fsp3) is 0.444. The number of allylic oxidation sites excluding steroid dienone is 2. The molecule has 1 N–H and O–H groups in total. The first kappa shape index (κ1) is 14.8. The van der Waals surface area contributed by atoms with E-state index in [9.17, 15) is 4.79 Å². The predicted octanol–water partition coefficient (Wildman–Crippen LogP) is 3.62. The number of hydrogen-bond acceptors (Lipinski definition) is 2. The van der Waals surface area contributed by atoms with Crippen LogP contribution in [0.1, 0.15) is 61.2 Å². The number of esters is 1. The molecule has 3 heterocycles. The van der Waals surface area contributed by atoms with Crippen molar-refractivity contribution in [2.45, 2.75) is 47.6 Å². The summed E-state index contributed by atoms with van der Waals surface area (Å²) >= 11 is 0. The molecule has 1 aliphatic rings. The van der Waals surface area contributed by atoms with Crippen LogP contribution >= 0.6 is 0 Å². The highest BCUT2D eigenvalue weighted by atomic mass is 16.5. The Morgan fingerprint density at radius 3 is 2.64 bits per heavy atom. The molecule has 0 saturated carbocycles. The molecule has 0 saturated heterocycles. The van der Waals surface area contributed by atoms with Crippen LogP contribution in [-0.4, -0.2) is 17.6 Å². The minimum Gasteiger partial charge on any atom is -0.461 e. The molecule has 116 valence electrons. The largest absolute Gasteiger partial charge is 0.461 e. The number of hydrogen-bond donors (Lipinski definition) is 1. The summed E-state index contributed by atoms with van der Waals surface area (Å²) in [5.74, 6) is -0.280. The molecular formula is C18H23N2O2+. The molecule has 0 bridgehead atoms. The third-order valence-corrected chi connectivity index (χ3v) is 5.01. The smallest absolute Gasteiger partial charge is 0.355 e. The van der Waals surface area contributed by atoms with Crippen molar-refractivity contribution in [2.24, 2.45) is 0 Å². The average molecular weight is 299 g/mol. The third kappa shape index (κ3) is 1.83. The number of aryl methyl sites for hydroxylation is 2. The normalized spacial score (nSPS) is 17.3. The van der Waals surface area contributed by atoms with Crippen molar-refractivity contribution in [2.75, 3.05) is 6.61 Å². The number of aromatic nitrogens is 2. The number of nitrogens with zero attached hydrogens (tertiary/aromatic N) is 1. The molecule has 4 heteroatoms. The van der Waals surface area contributed by atoms with E-state index in [4.69, 9.17) is 4.74 Å². The summed E-state index contributed by atoms with van der Waals surface area (Å²) < 4.78 is 7.52. The van der Waals surface area contributed by atoms with Crippen LogP contribution in [0.5, 0.6) is 0 Å². The zero-order chi connectivity index (χ0) is 16.2. The van der Waals surface area contributed by atoms with Crippen LogP contribution in [0.3, 0.4) is 0 Å². The zero-order valence-electron chi connectivity index (χ0n) is 14.1. The summed E-state index contributed by atoms with van der Waals surface area (Å²) in [7, 11) is 0. The van der Waals surface area contributed by atoms with Gasteiger partial charge in [-0.2, -0.15) is 4.57 Å². The van der Waals surface area contributed by atoms with E-state index in [2.05, 4.69) is 43.3 Å². The number of nitrogens with one attached hydrogen (secondary N) is 1. The molecule has 1 atom stereocenters. The molecule has 0 amide bonds. The van der Waals surface area contributed by atoms with Crippen LogP contribution in [0, 0.1) is 13.8 Å². The summed E-state index contributed by atoms with van der Waals surface area (Å²) in [5, 5.41) is 1.13. The predicted molar refractivity (Wildman–Crippen MR) is 86.9 cm³/mol. The maximum atomic E-state index is 12.1. The standard InChI is InChI=1S/C18H22N2O2/c1-7-22-18(21)17-11(4)16-13(6)20-12(5)9(2)10(3)15(20)8-14(16)19-17/h8,12H,7H2,1-6H3/p+1/t12-/m1/s1. The molecule has 4 nitrogen and oxygen atoms in total. The minimum absolute atomic E-state index is 0.280. The summed E-state index contributed by atoms with van der Waals surface area (Å²) in [5.41, 5.74) is 7.69. The maximum absolute atomic E-state index is 12.1. The van der Waals surface area contributed by atoms with Gasteiger partial charge in [-0.15, -0.1) is 0 Å². The molecule has 0 aromatic carbocycles. The highest BCUT2D eigenvalue weighted by Gasteiger charge is 2.35. The summed E-state index contributed by atoms with van der Waals surface area (Å²) in [6.45, 7) is 12.9. The van der Waals surface area contributed by atoms with E-state index in [-0.39, 0.29) is 5.97 Å². The topological polar surface area (TPSA) is 46.0 Å². The highest BCUT2D eigenvalue weighted by molar-refractivity contribution is 5.99. The fourth-order valence-corrected chi connectivity index (χ4v) is 3.60. The maximum Gasteiger partial charge on any atom is 0.355 e. The van der Waals surface area contributed by atoms with Gasteiger partial charge in [0.25, 0.3) is 0 Å². The Kier molecular flexibility index (Phi) is 3.35. The van der Waals surface area contributed by atoms with Crippen LogP contribution in [0.2, 0.25) is 0 Å². The lowest BCUT2D eigenvalue weighted by Gasteiger charge is -2.07. The lowest BCUT2D eigenvalue weighted by molar-refractivity contribution is -0.712. The Morgan fingerprint density at radius 1 is 1.32 bits per heavy atom. The third-order valence-electron chi connectivity index (χ3n) is 5.01. The molecule has 0 spiro atoms. The Labute approximate surface area is 130 Å². The van der Waals surface area contributed by atoms with E-state index in [0.29, 0.717) is 18.3 Å². The Morgan fingerprint density at radius 2 is 2.00 bits per heavy atom. The van der Waals surface area contributed by atoms with Gasteiger partial charge in [-0.05, 0) is 33.3 Å². The van der Waals surface area contributed by atoms with Crippen molar-refractivity contribution in [3.63, 3.8) is 0 Å². The molecule has 2 aromatic heterocycles. The number of ether oxygens (including phenoxy) is 1. The van der Waals surface area contributed by atoms with E-state index in [0.717, 1.165) is 16.5 Å². The quantitative estimate of drug-likeness (QED) is 0.680. The van der Waals surface area contributed by atoms with Gasteiger partial charge in [-0.3, -0.25) is 0 Å². The molecule has 0 unspecified atom stereocenters. The number of H-pyrrole nitrogens is 1. The lowest BCUT2D eigenvalue weighted by atomic mass is 10.1. The SMILES string of the molecule is CCOC(=O)c1[nH]c2cc3[n+](c(C)c2c1C)[C@H](C)C(C)=C3C. The number of fused-ring (bicyclic) bond motifs is 2. The van der Waals surface area contributed by atoms with E-state index >= 15 is 0 Å². The number of carbonyl (C=O) groups is 1. The molecule has 22 heavy (non-hydrogen) atoms. The molecule has 0 fully saturated rings. The second-order valence-corrected chi connectivity index (χ2v) is 6.10. The first-order valence-electron chi connectivity index (χ1n) is 7.80. The summed E-state index contributed by atoms with van der Waals surface area (Å²) in [4.78, 5) is 15.4. The van der Waals surface area contributed by atoms with Crippen molar-refractivity contribution in [1.29, 1.82) is 0 Å². The lowest BCUT2D eigenvalue weighted by Crippen LogP contribution is -2.41. The van der Waals surface area contributed by atoms with Crippen molar-refractivity contribution in [3.8, 4) is 0 Å². The Bertz CT molecular complexity index is 827. The zero-order valence-corrected chi connectivity index (χ0v) is 14.1. The van der Waals surface area contributed by atoms with E-state index < -0.39 is 0 Å². The van der Waals surface area contributed by atoms with E-state index in [1.807, 2.05) is 13.8 Å². The monoisotopic (exact) mass is 299 g/mol. The van der Waals surface area contributed by atoms with E-state index in [1.165, 1.54) is 22.5 Å². The van der Waals surface area contributed by atoms with Crippen molar-refractivity contribution < 1.29 is 14.1 Å². The first-order chi connectivity index (χ1) is 10.4. The number of aromatic amines is 1.